The minimum absolute atomic E-state index is 0.0110. The number of aryl methyl sites for hydroxylation is 1. The summed E-state index contributed by atoms with van der Waals surface area (Å²) >= 11 is 0. The molecular formula is C25H25NO4. The van der Waals surface area contributed by atoms with E-state index in [0.717, 1.165) is 11.1 Å². The van der Waals surface area contributed by atoms with Crippen LogP contribution in [0.2, 0.25) is 0 Å². The van der Waals surface area contributed by atoms with Crippen molar-refractivity contribution in [1.29, 1.82) is 0 Å². The molecule has 1 aromatic heterocycles. The van der Waals surface area contributed by atoms with Crippen molar-refractivity contribution in [2.45, 2.75) is 32.9 Å². The highest BCUT2D eigenvalue weighted by molar-refractivity contribution is 6.08. The second-order valence-corrected chi connectivity index (χ2v) is 7.07. The molecule has 0 fully saturated rings. The van der Waals surface area contributed by atoms with Crippen LogP contribution in [0.25, 0.3) is 6.08 Å². The first kappa shape index (κ1) is 21.1. The Bertz CT molecular complexity index is 1050. The van der Waals surface area contributed by atoms with E-state index < -0.39 is 12.1 Å². The van der Waals surface area contributed by atoms with Crippen molar-refractivity contribution in [3.8, 4) is 5.75 Å². The van der Waals surface area contributed by atoms with Crippen LogP contribution in [-0.2, 0) is 11.3 Å². The Hall–Kier alpha value is -3.60. The summed E-state index contributed by atoms with van der Waals surface area (Å²) in [6.45, 7) is 4.30. The van der Waals surface area contributed by atoms with E-state index >= 15 is 0 Å². The van der Waals surface area contributed by atoms with Crippen molar-refractivity contribution >= 4 is 17.8 Å². The lowest BCUT2D eigenvalue weighted by Gasteiger charge is -2.13. The summed E-state index contributed by atoms with van der Waals surface area (Å²) in [7, 11) is 0. The molecule has 0 saturated carbocycles. The Kier molecular flexibility index (Phi) is 6.86. The fourth-order valence-corrected chi connectivity index (χ4v) is 3.10. The van der Waals surface area contributed by atoms with E-state index in [0.29, 0.717) is 30.0 Å². The van der Waals surface area contributed by atoms with Crippen LogP contribution in [0.1, 0.15) is 40.5 Å². The van der Waals surface area contributed by atoms with E-state index in [2.05, 4.69) is 0 Å². The van der Waals surface area contributed by atoms with Crippen molar-refractivity contribution in [3.05, 3.63) is 95.3 Å². The van der Waals surface area contributed by atoms with Crippen molar-refractivity contribution in [3.63, 3.8) is 0 Å². The molecule has 5 heteroatoms. The van der Waals surface area contributed by atoms with Crippen LogP contribution in [0.4, 0.5) is 0 Å². The number of aromatic nitrogens is 1. The minimum Gasteiger partial charge on any atom is -0.479 e. The number of benzene rings is 2. The lowest BCUT2D eigenvalue weighted by atomic mass is 10.1. The molecule has 3 aromatic rings. The van der Waals surface area contributed by atoms with Gasteiger partial charge in [0.25, 0.3) is 0 Å². The van der Waals surface area contributed by atoms with Gasteiger partial charge >= 0.3 is 5.97 Å². The van der Waals surface area contributed by atoms with E-state index in [4.69, 9.17) is 9.84 Å². The van der Waals surface area contributed by atoms with Crippen molar-refractivity contribution in [2.24, 2.45) is 0 Å². The first-order chi connectivity index (χ1) is 14.5. The maximum atomic E-state index is 12.8. The third-order valence-corrected chi connectivity index (χ3v) is 4.77. The first-order valence-corrected chi connectivity index (χ1v) is 9.90. The fourth-order valence-electron chi connectivity index (χ4n) is 3.10. The fraction of sp³-hybridized carbons (Fsp3) is 0.200. The van der Waals surface area contributed by atoms with Crippen LogP contribution in [0, 0.1) is 6.92 Å². The van der Waals surface area contributed by atoms with E-state index in [9.17, 15) is 9.59 Å². The Morgan fingerprint density at radius 2 is 1.87 bits per heavy atom. The number of ketones is 1. The minimum atomic E-state index is -0.975. The number of nitrogens with zero attached hydrogens (tertiary/aromatic N) is 1. The molecule has 2 aromatic carbocycles. The molecule has 0 aliphatic rings. The molecule has 0 spiro atoms. The van der Waals surface area contributed by atoms with Crippen LogP contribution in [0.3, 0.4) is 0 Å². The molecule has 154 valence electrons. The molecule has 1 unspecified atom stereocenters. The van der Waals surface area contributed by atoms with Gasteiger partial charge in [0, 0.05) is 18.3 Å². The predicted octanol–water partition coefficient (Wildman–Crippen LogP) is 4.98. The molecular weight excluding hydrogens is 378 g/mol. The second-order valence-electron chi connectivity index (χ2n) is 7.07. The van der Waals surface area contributed by atoms with Crippen LogP contribution in [0.5, 0.6) is 5.75 Å². The van der Waals surface area contributed by atoms with Gasteiger partial charge in [-0.05, 0) is 43.2 Å². The first-order valence-electron chi connectivity index (χ1n) is 9.90. The average Bonchev–Trinajstić information content (AvgIpc) is 3.20. The van der Waals surface area contributed by atoms with Gasteiger partial charge in [-0.25, -0.2) is 4.79 Å². The van der Waals surface area contributed by atoms with E-state index in [1.807, 2.05) is 78.4 Å². The quantitative estimate of drug-likeness (QED) is 0.512. The van der Waals surface area contributed by atoms with Gasteiger partial charge in [0.1, 0.15) is 5.75 Å². The summed E-state index contributed by atoms with van der Waals surface area (Å²) in [5, 5.41) is 9.15. The lowest BCUT2D eigenvalue weighted by molar-refractivity contribution is -0.145. The van der Waals surface area contributed by atoms with Crippen LogP contribution in [0.15, 0.2) is 72.9 Å². The summed E-state index contributed by atoms with van der Waals surface area (Å²) in [6.07, 6.45) is 5.29. The molecule has 0 aliphatic carbocycles. The molecule has 1 heterocycles. The number of carbonyl (C=O) groups is 2. The molecule has 3 rings (SSSR count). The van der Waals surface area contributed by atoms with Gasteiger partial charge in [0.05, 0.1) is 5.69 Å². The van der Waals surface area contributed by atoms with Crippen molar-refractivity contribution in [1.82, 2.24) is 4.57 Å². The zero-order valence-corrected chi connectivity index (χ0v) is 17.1. The second kappa shape index (κ2) is 9.74. The van der Waals surface area contributed by atoms with E-state index in [1.165, 1.54) is 0 Å². The van der Waals surface area contributed by atoms with Gasteiger partial charge in [-0.1, -0.05) is 61.0 Å². The maximum Gasteiger partial charge on any atom is 0.344 e. The summed E-state index contributed by atoms with van der Waals surface area (Å²) in [6, 6.07) is 18.5. The molecule has 0 saturated heterocycles. The topological polar surface area (TPSA) is 68.5 Å². The Morgan fingerprint density at radius 3 is 2.57 bits per heavy atom. The zero-order valence-electron chi connectivity index (χ0n) is 17.1. The Balaban J connectivity index is 1.69. The molecule has 0 radical (unpaired) electrons. The van der Waals surface area contributed by atoms with Crippen LogP contribution < -0.4 is 4.74 Å². The number of ether oxygens (including phenoxy) is 1. The maximum absolute atomic E-state index is 12.8. The number of rotatable bonds is 9. The number of aliphatic carboxylic acids is 1. The standard InChI is InChI=1S/C25H25NO4/c1-3-23(25(28)29)30-21-9-4-7-19(17-21)8-5-15-26-16-6-10-22(26)24(27)20-13-11-18(2)12-14-20/h4-14,16-17,23H,3,15H2,1-2H3,(H,28,29). The number of carboxylic acid groups (broad SMARTS) is 1. The smallest absolute Gasteiger partial charge is 0.344 e. The molecule has 1 atom stereocenters. The SMILES string of the molecule is CCC(Oc1cccc(C=CCn2cccc2C(=O)c2ccc(C)cc2)c1)C(=O)O. The largest absolute Gasteiger partial charge is 0.479 e. The van der Waals surface area contributed by atoms with Crippen molar-refractivity contribution in [2.75, 3.05) is 0 Å². The molecule has 0 amide bonds. The highest BCUT2D eigenvalue weighted by Crippen LogP contribution is 2.18. The summed E-state index contributed by atoms with van der Waals surface area (Å²) in [5.74, 6) is -0.470. The summed E-state index contributed by atoms with van der Waals surface area (Å²) in [5.41, 5.74) is 3.31. The molecule has 0 aliphatic heterocycles. The van der Waals surface area contributed by atoms with Gasteiger partial charge in [0.2, 0.25) is 5.78 Å². The zero-order chi connectivity index (χ0) is 21.5. The van der Waals surface area contributed by atoms with Crippen LogP contribution >= 0.6 is 0 Å². The highest BCUT2D eigenvalue weighted by Gasteiger charge is 2.16. The Labute approximate surface area is 176 Å². The molecule has 5 nitrogen and oxygen atoms in total. The molecule has 0 bridgehead atoms. The number of hydrogen-bond donors (Lipinski definition) is 1. The molecule has 30 heavy (non-hydrogen) atoms. The summed E-state index contributed by atoms with van der Waals surface area (Å²) in [4.78, 5) is 24.0. The highest BCUT2D eigenvalue weighted by atomic mass is 16.5. The molecule has 1 N–H and O–H groups in total. The number of carboxylic acids is 1. The number of hydrogen-bond acceptors (Lipinski definition) is 3. The monoisotopic (exact) mass is 403 g/mol. The Morgan fingerprint density at radius 1 is 1.10 bits per heavy atom. The lowest BCUT2D eigenvalue weighted by Crippen LogP contribution is -2.25. The van der Waals surface area contributed by atoms with Gasteiger partial charge in [-0.2, -0.15) is 0 Å². The number of allylic oxidation sites excluding steroid dienone is 1. The van der Waals surface area contributed by atoms with Gasteiger partial charge in [-0.3, -0.25) is 4.79 Å². The van der Waals surface area contributed by atoms with Gasteiger partial charge < -0.3 is 14.4 Å². The average molecular weight is 403 g/mol. The van der Waals surface area contributed by atoms with Crippen LogP contribution in [-0.4, -0.2) is 27.5 Å². The third kappa shape index (κ3) is 5.26. The van der Waals surface area contributed by atoms with Gasteiger partial charge in [-0.15, -0.1) is 0 Å². The normalized spacial score (nSPS) is 12.1. The number of carbonyl (C=O) groups excluding carboxylic acids is 1. The third-order valence-electron chi connectivity index (χ3n) is 4.77. The summed E-state index contributed by atoms with van der Waals surface area (Å²) < 4.78 is 7.44. The van der Waals surface area contributed by atoms with E-state index in [1.54, 1.807) is 19.1 Å². The van der Waals surface area contributed by atoms with E-state index in [-0.39, 0.29) is 5.78 Å². The van der Waals surface area contributed by atoms with Gasteiger partial charge in [0.15, 0.2) is 6.10 Å². The predicted molar refractivity (Wildman–Crippen MR) is 117 cm³/mol. The van der Waals surface area contributed by atoms with Crippen molar-refractivity contribution < 1.29 is 19.4 Å².